The maximum Gasteiger partial charge on any atom is 0.250 e. The second kappa shape index (κ2) is 6.53. The molecule has 1 atom stereocenters. The van der Waals surface area contributed by atoms with Crippen molar-refractivity contribution in [3.63, 3.8) is 0 Å². The van der Waals surface area contributed by atoms with Crippen LogP contribution < -0.4 is 10.5 Å². The van der Waals surface area contributed by atoms with Gasteiger partial charge in [0.2, 0.25) is 0 Å². The van der Waals surface area contributed by atoms with Gasteiger partial charge < -0.3 is 5.73 Å². The Morgan fingerprint density at radius 1 is 1.52 bits per heavy atom. The van der Waals surface area contributed by atoms with Crippen molar-refractivity contribution in [2.24, 2.45) is 5.73 Å². The van der Waals surface area contributed by atoms with E-state index in [9.17, 15) is 8.42 Å². The molecule has 0 bridgehead atoms. The van der Waals surface area contributed by atoms with Gasteiger partial charge in [-0.25, -0.2) is 13.4 Å². The van der Waals surface area contributed by atoms with Crippen molar-refractivity contribution in [2.75, 3.05) is 4.72 Å². The molecule has 0 aliphatic carbocycles. The van der Waals surface area contributed by atoms with Crippen molar-refractivity contribution in [2.45, 2.75) is 25.1 Å². The minimum atomic E-state index is -3.72. The van der Waals surface area contributed by atoms with Gasteiger partial charge in [0, 0.05) is 16.8 Å². The van der Waals surface area contributed by atoms with Crippen LogP contribution in [0.5, 0.6) is 0 Å². The predicted octanol–water partition coefficient (Wildman–Crippen LogP) is 2.37. The van der Waals surface area contributed by atoms with Crippen molar-refractivity contribution in [3.8, 4) is 16.6 Å². The summed E-state index contributed by atoms with van der Waals surface area (Å²) in [5.74, 6) is 0. The maximum atomic E-state index is 12.0. The Kier molecular flexibility index (Phi) is 4.95. The molecule has 6 nitrogen and oxygen atoms in total. The molecule has 1 unspecified atom stereocenters. The summed E-state index contributed by atoms with van der Waals surface area (Å²) in [5.41, 5.74) is 6.27. The summed E-state index contributed by atoms with van der Waals surface area (Å²) in [6, 6.07) is 5.61. The third kappa shape index (κ3) is 3.59. The van der Waals surface area contributed by atoms with Crippen molar-refractivity contribution in [3.05, 3.63) is 22.4 Å². The largest absolute Gasteiger partial charge is 0.326 e. The molecule has 0 fully saturated rings. The van der Waals surface area contributed by atoms with E-state index in [0.29, 0.717) is 12.2 Å². The van der Waals surface area contributed by atoms with E-state index in [-0.39, 0.29) is 11.6 Å². The van der Waals surface area contributed by atoms with Gasteiger partial charge in [0.1, 0.15) is 0 Å². The highest BCUT2D eigenvalue weighted by molar-refractivity contribution is 7.93. The van der Waals surface area contributed by atoms with E-state index in [1.807, 2.05) is 12.1 Å². The third-order valence-corrected chi connectivity index (χ3v) is 6.42. The number of aromatic nitrogens is 1. The molecule has 0 aromatic carbocycles. The smallest absolute Gasteiger partial charge is 0.250 e. The zero-order chi connectivity index (χ0) is 15.5. The zero-order valence-corrected chi connectivity index (χ0v) is 13.7. The Labute approximate surface area is 131 Å². The van der Waals surface area contributed by atoms with E-state index in [1.165, 1.54) is 22.7 Å². The number of hydrogen-bond donors (Lipinski definition) is 2. The van der Waals surface area contributed by atoms with Crippen molar-refractivity contribution in [1.29, 1.82) is 5.26 Å². The van der Waals surface area contributed by atoms with E-state index < -0.39 is 15.3 Å². The van der Waals surface area contributed by atoms with Gasteiger partial charge in [-0.1, -0.05) is 6.92 Å². The van der Waals surface area contributed by atoms with Gasteiger partial charge in [-0.3, -0.25) is 4.72 Å². The topological polar surface area (TPSA) is 109 Å². The molecule has 112 valence electrons. The fourth-order valence-corrected chi connectivity index (χ4v) is 4.66. The second-order valence-corrected chi connectivity index (χ2v) is 8.07. The highest BCUT2D eigenvalue weighted by Crippen LogP contribution is 2.31. The van der Waals surface area contributed by atoms with Gasteiger partial charge in [0.05, 0.1) is 16.6 Å². The number of rotatable bonds is 6. The summed E-state index contributed by atoms with van der Waals surface area (Å²) in [6.07, 6.45) is 0.231. The molecule has 0 amide bonds. The minimum absolute atomic E-state index is 0.231. The number of sulfonamides is 1. The Hall–Kier alpha value is -1.47. The normalized spacial score (nSPS) is 12.8. The third-order valence-electron chi connectivity index (χ3n) is 2.74. The molecule has 2 aromatic rings. The monoisotopic (exact) mass is 342 g/mol. The Bertz CT molecular complexity index is 758. The van der Waals surface area contributed by atoms with Crippen LogP contribution in [0.3, 0.4) is 0 Å². The van der Waals surface area contributed by atoms with Crippen LogP contribution in [0.15, 0.2) is 17.5 Å². The predicted molar refractivity (Wildman–Crippen MR) is 85.6 cm³/mol. The molecule has 0 aliphatic heterocycles. The summed E-state index contributed by atoms with van der Waals surface area (Å²) in [4.78, 5) is 6.23. The number of hydrogen-bond acceptors (Lipinski definition) is 7. The molecule has 0 radical (unpaired) electrons. The lowest BCUT2D eigenvalue weighted by molar-refractivity contribution is 0.593. The summed E-state index contributed by atoms with van der Waals surface area (Å²) in [6.45, 7) is 2.12. The number of nitrogens with two attached hydrogens (primary N) is 1. The van der Waals surface area contributed by atoms with Gasteiger partial charge in [0.15, 0.2) is 10.4 Å². The highest BCUT2D eigenvalue weighted by atomic mass is 32.2. The van der Waals surface area contributed by atoms with Gasteiger partial charge in [-0.15, -0.1) is 22.7 Å². The lowest BCUT2D eigenvalue weighted by Crippen LogP contribution is -2.25. The molecular weight excluding hydrogens is 328 g/mol. The summed E-state index contributed by atoms with van der Waals surface area (Å²) < 4.78 is 26.3. The summed E-state index contributed by atoms with van der Waals surface area (Å²) in [7, 11) is -3.72. The Morgan fingerprint density at radius 3 is 2.86 bits per heavy atom. The molecule has 0 saturated heterocycles. The van der Waals surface area contributed by atoms with Crippen LogP contribution in [-0.2, 0) is 16.6 Å². The second-order valence-electron chi connectivity index (χ2n) is 4.18. The number of anilines is 1. The SMILES string of the molecule is CCC(C#N)S(=O)(=O)Nc1nc(-c2ccc(CN)s2)cs1. The Morgan fingerprint density at radius 2 is 2.29 bits per heavy atom. The van der Waals surface area contributed by atoms with Crippen molar-refractivity contribution >= 4 is 37.8 Å². The Balaban J connectivity index is 2.19. The van der Waals surface area contributed by atoms with Crippen LogP contribution in [-0.4, -0.2) is 18.7 Å². The molecule has 0 saturated carbocycles. The maximum absolute atomic E-state index is 12.0. The molecule has 2 aromatic heterocycles. The lowest BCUT2D eigenvalue weighted by atomic mass is 10.4. The molecular formula is C12H14N4O2S3. The van der Waals surface area contributed by atoms with Crippen molar-refractivity contribution in [1.82, 2.24) is 4.98 Å². The van der Waals surface area contributed by atoms with Crippen LogP contribution in [0.25, 0.3) is 10.6 Å². The zero-order valence-electron chi connectivity index (χ0n) is 11.2. The van der Waals surface area contributed by atoms with Gasteiger partial charge in [-0.05, 0) is 18.6 Å². The fourth-order valence-electron chi connectivity index (χ4n) is 1.63. The standard InChI is InChI=1S/C12H14N4O2S3/c1-2-9(6-14)21(17,18)16-12-15-10(7-19-12)11-4-3-8(5-13)20-11/h3-4,7,9H,2,5,13H2,1H3,(H,15,16). The number of nitriles is 1. The first-order chi connectivity index (χ1) is 10.00. The number of nitrogens with zero attached hydrogens (tertiary/aromatic N) is 2. The quantitative estimate of drug-likeness (QED) is 0.837. The molecule has 9 heteroatoms. The molecule has 2 heterocycles. The average Bonchev–Trinajstić information content (AvgIpc) is 3.07. The van der Waals surface area contributed by atoms with E-state index in [4.69, 9.17) is 11.0 Å². The summed E-state index contributed by atoms with van der Waals surface area (Å²) >= 11 is 2.71. The van der Waals surface area contributed by atoms with Crippen LogP contribution >= 0.6 is 22.7 Å². The fraction of sp³-hybridized carbons (Fsp3) is 0.333. The van der Waals surface area contributed by atoms with Gasteiger partial charge >= 0.3 is 0 Å². The van der Waals surface area contributed by atoms with Gasteiger partial charge in [0.25, 0.3) is 10.0 Å². The molecule has 2 rings (SSSR count). The van der Waals surface area contributed by atoms with Crippen molar-refractivity contribution < 1.29 is 8.42 Å². The molecule has 0 spiro atoms. The molecule has 3 N–H and O–H groups in total. The van der Waals surface area contributed by atoms with Gasteiger partial charge in [-0.2, -0.15) is 5.26 Å². The van der Waals surface area contributed by atoms with Crippen LogP contribution in [0.1, 0.15) is 18.2 Å². The molecule has 0 aliphatic rings. The number of nitrogens with one attached hydrogen (secondary N) is 1. The molecule has 21 heavy (non-hydrogen) atoms. The first-order valence-corrected chi connectivity index (χ1v) is 9.40. The first-order valence-electron chi connectivity index (χ1n) is 6.16. The summed E-state index contributed by atoms with van der Waals surface area (Å²) in [5, 5.41) is 9.82. The average molecular weight is 342 g/mol. The van der Waals surface area contributed by atoms with Crippen LogP contribution in [0.4, 0.5) is 5.13 Å². The number of thiazole rings is 1. The van der Waals surface area contributed by atoms with Crippen LogP contribution in [0.2, 0.25) is 0 Å². The van der Waals surface area contributed by atoms with E-state index >= 15 is 0 Å². The number of thiophene rings is 1. The first kappa shape index (κ1) is 15.9. The lowest BCUT2D eigenvalue weighted by Gasteiger charge is -2.08. The van der Waals surface area contributed by atoms with E-state index in [2.05, 4.69) is 9.71 Å². The van der Waals surface area contributed by atoms with E-state index in [0.717, 1.165) is 9.75 Å². The highest BCUT2D eigenvalue weighted by Gasteiger charge is 2.24. The van der Waals surface area contributed by atoms with Crippen LogP contribution in [0, 0.1) is 11.3 Å². The van der Waals surface area contributed by atoms with E-state index in [1.54, 1.807) is 18.4 Å². The minimum Gasteiger partial charge on any atom is -0.326 e.